The first-order chi connectivity index (χ1) is 12.4. The van der Waals surface area contributed by atoms with Crippen LogP contribution in [0.1, 0.15) is 57.6 Å². The first-order valence-corrected chi connectivity index (χ1v) is 9.64. The van der Waals surface area contributed by atoms with E-state index in [1.165, 1.54) is 38.5 Å². The van der Waals surface area contributed by atoms with E-state index < -0.39 is 0 Å². The molecule has 0 aromatic carbocycles. The minimum Gasteiger partial charge on any atom is -0.291 e. The van der Waals surface area contributed by atoms with E-state index in [0.717, 1.165) is 37.4 Å². The molecule has 2 heterocycles. The average Bonchev–Trinajstić information content (AvgIpc) is 2.61. The normalized spacial score (nSPS) is 15.0. The van der Waals surface area contributed by atoms with Crippen molar-refractivity contribution in [2.45, 2.75) is 58.4 Å². The zero-order valence-electron chi connectivity index (χ0n) is 15.5. The molecule has 2 rings (SSSR count). The number of hydrogen-bond donors (Lipinski definition) is 0. The van der Waals surface area contributed by atoms with Gasteiger partial charge in [0.15, 0.2) is 0 Å². The van der Waals surface area contributed by atoms with Gasteiger partial charge in [-0.25, -0.2) is 0 Å². The van der Waals surface area contributed by atoms with Gasteiger partial charge in [-0.05, 0) is 31.2 Å². The van der Waals surface area contributed by atoms with Crippen LogP contribution in [0.4, 0.5) is 0 Å². The van der Waals surface area contributed by atoms with Gasteiger partial charge in [0.2, 0.25) is 0 Å². The highest BCUT2D eigenvalue weighted by molar-refractivity contribution is 5.61. The number of aliphatic imine (C=N–C) groups is 1. The molecule has 134 valence electrons. The van der Waals surface area contributed by atoms with Crippen molar-refractivity contribution in [1.29, 1.82) is 0 Å². The summed E-state index contributed by atoms with van der Waals surface area (Å²) in [7, 11) is 0. The Morgan fingerprint density at radius 2 is 1.96 bits per heavy atom. The minimum atomic E-state index is 0.826. The third-order valence-electron chi connectivity index (χ3n) is 4.28. The molecule has 3 heteroatoms. The van der Waals surface area contributed by atoms with Crippen molar-refractivity contribution in [2.75, 3.05) is 13.1 Å². The molecule has 1 aromatic rings. The third-order valence-corrected chi connectivity index (χ3v) is 4.28. The summed E-state index contributed by atoms with van der Waals surface area (Å²) in [6.45, 7) is 5.04. The Balaban J connectivity index is 1.91. The largest absolute Gasteiger partial charge is 0.291 e. The third kappa shape index (κ3) is 8.62. The second kappa shape index (κ2) is 12.4. The second-order valence-electron chi connectivity index (χ2n) is 6.53. The molecule has 0 fully saturated rings. The summed E-state index contributed by atoms with van der Waals surface area (Å²) in [5.74, 6) is 0. The van der Waals surface area contributed by atoms with Gasteiger partial charge in [0.05, 0.1) is 11.4 Å². The van der Waals surface area contributed by atoms with Gasteiger partial charge in [-0.15, -0.1) is 0 Å². The molecule has 0 amide bonds. The van der Waals surface area contributed by atoms with Gasteiger partial charge in [-0.2, -0.15) is 0 Å². The van der Waals surface area contributed by atoms with Crippen LogP contribution < -0.4 is 0 Å². The topological polar surface area (TPSA) is 28.5 Å². The SMILES string of the molecule is CCCCCCCCN(CC1=C=C/C=C\CC=N1)Cc1ccccn1. The molecule has 0 radical (unpaired) electrons. The standard InChI is InChI=1S/C22H31N3/c1-2-3-4-5-8-13-18-25(20-22-15-10-12-17-24-22)19-21-14-9-6-7-11-16-23-21/h6-7,9-10,12,15-17H,2-5,8,11,13,18-20H2,1H3/b7-6-,23-16?. The number of hydrogen-bond acceptors (Lipinski definition) is 3. The van der Waals surface area contributed by atoms with Crippen LogP contribution in [-0.2, 0) is 6.54 Å². The highest BCUT2D eigenvalue weighted by Gasteiger charge is 2.09. The Labute approximate surface area is 152 Å². The van der Waals surface area contributed by atoms with Crippen molar-refractivity contribution >= 4 is 6.21 Å². The van der Waals surface area contributed by atoms with E-state index in [1.807, 2.05) is 30.6 Å². The van der Waals surface area contributed by atoms with Gasteiger partial charge < -0.3 is 0 Å². The first-order valence-electron chi connectivity index (χ1n) is 9.64. The van der Waals surface area contributed by atoms with E-state index in [0.29, 0.717) is 0 Å². The number of rotatable bonds is 11. The molecule has 0 atom stereocenters. The van der Waals surface area contributed by atoms with Gasteiger partial charge in [-0.3, -0.25) is 14.9 Å². The Morgan fingerprint density at radius 3 is 2.80 bits per heavy atom. The van der Waals surface area contributed by atoms with Crippen LogP contribution in [0.5, 0.6) is 0 Å². The summed E-state index contributed by atoms with van der Waals surface area (Å²) >= 11 is 0. The van der Waals surface area contributed by atoms with E-state index in [-0.39, 0.29) is 0 Å². The molecule has 1 aliphatic heterocycles. The molecular formula is C22H31N3. The first kappa shape index (κ1) is 19.4. The van der Waals surface area contributed by atoms with Crippen molar-refractivity contribution in [3.8, 4) is 0 Å². The van der Waals surface area contributed by atoms with E-state index in [4.69, 9.17) is 0 Å². The number of aromatic nitrogens is 1. The van der Waals surface area contributed by atoms with E-state index in [2.05, 4.69) is 45.7 Å². The van der Waals surface area contributed by atoms with Gasteiger partial charge in [0.1, 0.15) is 0 Å². The number of allylic oxidation sites excluding steroid dienone is 2. The summed E-state index contributed by atoms with van der Waals surface area (Å²) in [6, 6.07) is 6.13. The molecule has 25 heavy (non-hydrogen) atoms. The van der Waals surface area contributed by atoms with E-state index in [1.54, 1.807) is 0 Å². The molecular weight excluding hydrogens is 306 g/mol. The maximum absolute atomic E-state index is 4.57. The van der Waals surface area contributed by atoms with Crippen molar-refractivity contribution in [3.05, 3.63) is 59.7 Å². The molecule has 1 aliphatic rings. The zero-order valence-corrected chi connectivity index (χ0v) is 15.5. The van der Waals surface area contributed by atoms with Gasteiger partial charge in [0.25, 0.3) is 0 Å². The van der Waals surface area contributed by atoms with Crippen LogP contribution in [0.2, 0.25) is 0 Å². The van der Waals surface area contributed by atoms with E-state index >= 15 is 0 Å². The zero-order chi connectivity index (χ0) is 17.6. The minimum absolute atomic E-state index is 0.826. The maximum Gasteiger partial charge on any atom is 0.0957 e. The lowest BCUT2D eigenvalue weighted by atomic mass is 10.1. The average molecular weight is 338 g/mol. The van der Waals surface area contributed by atoms with Crippen molar-refractivity contribution in [2.24, 2.45) is 4.99 Å². The summed E-state index contributed by atoms with van der Waals surface area (Å²) in [5, 5.41) is 0. The van der Waals surface area contributed by atoms with Crippen LogP contribution in [0, 0.1) is 0 Å². The highest BCUT2D eigenvalue weighted by Crippen LogP contribution is 2.11. The Hall–Kier alpha value is -1.96. The monoisotopic (exact) mass is 337 g/mol. The Kier molecular flexibility index (Phi) is 9.61. The number of unbranched alkanes of at least 4 members (excludes halogenated alkanes) is 5. The van der Waals surface area contributed by atoms with Crippen LogP contribution in [0.25, 0.3) is 0 Å². The fourth-order valence-electron chi connectivity index (χ4n) is 2.90. The number of pyridine rings is 1. The lowest BCUT2D eigenvalue weighted by Crippen LogP contribution is -2.27. The Bertz CT molecular complexity index is 595. The molecule has 0 unspecified atom stereocenters. The van der Waals surface area contributed by atoms with Gasteiger partial charge >= 0.3 is 0 Å². The maximum atomic E-state index is 4.57. The number of nitrogens with zero attached hydrogens (tertiary/aromatic N) is 3. The van der Waals surface area contributed by atoms with Crippen molar-refractivity contribution in [3.63, 3.8) is 0 Å². The van der Waals surface area contributed by atoms with Crippen molar-refractivity contribution < 1.29 is 0 Å². The molecule has 0 saturated carbocycles. The van der Waals surface area contributed by atoms with Gasteiger partial charge in [0, 0.05) is 31.9 Å². The lowest BCUT2D eigenvalue weighted by Gasteiger charge is -2.21. The smallest absolute Gasteiger partial charge is 0.0957 e. The second-order valence-corrected chi connectivity index (χ2v) is 6.53. The summed E-state index contributed by atoms with van der Waals surface area (Å²) in [6.07, 6.45) is 18.7. The molecule has 3 nitrogen and oxygen atoms in total. The van der Waals surface area contributed by atoms with Crippen LogP contribution >= 0.6 is 0 Å². The van der Waals surface area contributed by atoms with Crippen molar-refractivity contribution in [1.82, 2.24) is 9.88 Å². The van der Waals surface area contributed by atoms with Crippen LogP contribution in [-0.4, -0.2) is 29.2 Å². The summed E-state index contributed by atoms with van der Waals surface area (Å²) < 4.78 is 0. The molecule has 1 aromatic heterocycles. The molecule has 0 aliphatic carbocycles. The predicted octanol–water partition coefficient (Wildman–Crippen LogP) is 5.31. The highest BCUT2D eigenvalue weighted by atomic mass is 15.1. The quantitative estimate of drug-likeness (QED) is 0.404. The van der Waals surface area contributed by atoms with Crippen LogP contribution in [0.15, 0.2) is 59.0 Å². The molecule has 0 bridgehead atoms. The molecule has 0 saturated heterocycles. The lowest BCUT2D eigenvalue weighted by molar-refractivity contribution is 0.276. The molecule has 0 spiro atoms. The van der Waals surface area contributed by atoms with E-state index in [9.17, 15) is 0 Å². The summed E-state index contributed by atoms with van der Waals surface area (Å²) in [4.78, 5) is 11.5. The summed E-state index contributed by atoms with van der Waals surface area (Å²) in [5.41, 5.74) is 5.43. The Morgan fingerprint density at radius 1 is 1.08 bits per heavy atom. The fraction of sp³-hybridized carbons (Fsp3) is 0.500. The fourth-order valence-corrected chi connectivity index (χ4v) is 2.90. The molecule has 0 N–H and O–H groups in total. The van der Waals surface area contributed by atoms with Crippen LogP contribution in [0.3, 0.4) is 0 Å². The predicted molar refractivity (Wildman–Crippen MR) is 107 cm³/mol. The van der Waals surface area contributed by atoms with Gasteiger partial charge in [-0.1, -0.05) is 63.0 Å².